The number of nitrogens with two attached hydrogens (primary N) is 1. The summed E-state index contributed by atoms with van der Waals surface area (Å²) in [5, 5.41) is 0.442. The first kappa shape index (κ1) is 13.1. The number of hydrogen-bond acceptors (Lipinski definition) is 5. The minimum Gasteiger partial charge on any atom is -0.375 e. The molecule has 1 aromatic heterocycles. The van der Waals surface area contributed by atoms with E-state index in [0.717, 1.165) is 15.8 Å². The van der Waals surface area contributed by atoms with Gasteiger partial charge in [-0.25, -0.2) is 13.4 Å². The third-order valence-corrected chi connectivity index (χ3v) is 5.47. The number of fused-ring (bicyclic) bond motifs is 1. The van der Waals surface area contributed by atoms with Gasteiger partial charge in [0.25, 0.3) is 0 Å². The van der Waals surface area contributed by atoms with Gasteiger partial charge in [-0.05, 0) is 23.8 Å². The Morgan fingerprint density at radius 3 is 2.60 bits per heavy atom. The summed E-state index contributed by atoms with van der Waals surface area (Å²) in [6.07, 6.45) is 0. The number of rotatable bonds is 3. The molecule has 0 unspecified atom stereocenters. The largest absolute Gasteiger partial charge is 0.375 e. The lowest BCUT2D eigenvalue weighted by Gasteiger charge is -2.04. The maximum absolute atomic E-state index is 12.4. The van der Waals surface area contributed by atoms with Crippen LogP contribution in [0.4, 0.5) is 5.13 Å². The molecule has 0 fully saturated rings. The molecular weight excluding hydrogens is 292 g/mol. The Hall–Kier alpha value is -1.92. The van der Waals surface area contributed by atoms with E-state index in [1.54, 1.807) is 30.3 Å². The molecule has 0 amide bonds. The molecule has 0 aliphatic rings. The Bertz CT molecular complexity index is 855. The normalized spacial score (nSPS) is 11.8. The average Bonchev–Trinajstić information content (AvgIpc) is 2.78. The Morgan fingerprint density at radius 1 is 1.10 bits per heavy atom. The molecule has 2 N–H and O–H groups in total. The van der Waals surface area contributed by atoms with E-state index < -0.39 is 9.84 Å². The standard InChI is InChI=1S/C14H12N2O2S2/c15-14-16-12-7-6-11(8-13(12)19-14)20(17,18)9-10-4-2-1-3-5-10/h1-8H,9H2,(H2,15,16). The molecule has 0 spiro atoms. The minimum atomic E-state index is -3.36. The zero-order valence-corrected chi connectivity index (χ0v) is 12.1. The fourth-order valence-electron chi connectivity index (χ4n) is 1.99. The molecule has 6 heteroatoms. The van der Waals surface area contributed by atoms with Crippen LogP contribution in [0.1, 0.15) is 5.56 Å². The highest BCUT2D eigenvalue weighted by Crippen LogP contribution is 2.27. The van der Waals surface area contributed by atoms with Crippen molar-refractivity contribution >= 4 is 36.5 Å². The number of nitrogens with zero attached hydrogens (tertiary/aromatic N) is 1. The second-order valence-corrected chi connectivity index (χ2v) is 7.48. The maximum Gasteiger partial charge on any atom is 0.182 e. The van der Waals surface area contributed by atoms with Gasteiger partial charge in [-0.2, -0.15) is 0 Å². The molecule has 0 atom stereocenters. The molecule has 102 valence electrons. The van der Waals surface area contributed by atoms with Crippen LogP contribution in [-0.2, 0) is 15.6 Å². The monoisotopic (exact) mass is 304 g/mol. The van der Waals surface area contributed by atoms with Gasteiger partial charge in [0.1, 0.15) is 0 Å². The summed E-state index contributed by atoms with van der Waals surface area (Å²) in [4.78, 5) is 4.43. The smallest absolute Gasteiger partial charge is 0.182 e. The van der Waals surface area contributed by atoms with Crippen LogP contribution < -0.4 is 5.73 Å². The second kappa shape index (κ2) is 4.88. The van der Waals surface area contributed by atoms with E-state index in [4.69, 9.17) is 5.73 Å². The molecule has 0 bridgehead atoms. The molecule has 20 heavy (non-hydrogen) atoms. The number of anilines is 1. The van der Waals surface area contributed by atoms with Crippen LogP contribution in [-0.4, -0.2) is 13.4 Å². The minimum absolute atomic E-state index is 0.00632. The first-order valence-corrected chi connectivity index (χ1v) is 8.44. The Morgan fingerprint density at radius 2 is 1.85 bits per heavy atom. The number of aromatic nitrogens is 1. The van der Waals surface area contributed by atoms with Crippen molar-refractivity contribution in [2.45, 2.75) is 10.6 Å². The van der Waals surface area contributed by atoms with Crippen LogP contribution in [0.3, 0.4) is 0 Å². The summed E-state index contributed by atoms with van der Waals surface area (Å²) in [7, 11) is -3.36. The van der Waals surface area contributed by atoms with Gasteiger partial charge >= 0.3 is 0 Å². The molecule has 0 aliphatic carbocycles. The number of benzene rings is 2. The summed E-state index contributed by atoms with van der Waals surface area (Å²) >= 11 is 1.29. The van der Waals surface area contributed by atoms with E-state index in [2.05, 4.69) is 4.98 Å². The van der Waals surface area contributed by atoms with Gasteiger partial charge in [0.05, 0.1) is 20.9 Å². The van der Waals surface area contributed by atoms with Crippen molar-refractivity contribution in [3.05, 3.63) is 54.1 Å². The molecule has 1 heterocycles. The molecule has 0 saturated heterocycles. The third kappa shape index (κ3) is 2.52. The fourth-order valence-corrected chi connectivity index (χ4v) is 4.21. The molecule has 4 nitrogen and oxygen atoms in total. The molecule has 2 aromatic carbocycles. The number of hydrogen-bond donors (Lipinski definition) is 1. The predicted molar refractivity (Wildman–Crippen MR) is 81.4 cm³/mol. The molecular formula is C14H12N2O2S2. The SMILES string of the molecule is Nc1nc2ccc(S(=O)(=O)Cc3ccccc3)cc2s1. The molecule has 0 radical (unpaired) electrons. The highest BCUT2D eigenvalue weighted by molar-refractivity contribution is 7.90. The predicted octanol–water partition coefficient (Wildman–Crippen LogP) is 2.85. The van der Waals surface area contributed by atoms with E-state index in [0.29, 0.717) is 10.0 Å². The summed E-state index contributed by atoms with van der Waals surface area (Å²) in [6, 6.07) is 14.1. The highest BCUT2D eigenvalue weighted by atomic mass is 32.2. The third-order valence-electron chi connectivity index (χ3n) is 2.94. The summed E-state index contributed by atoms with van der Waals surface area (Å²) in [5.74, 6) is -0.00632. The zero-order valence-electron chi connectivity index (χ0n) is 10.5. The van der Waals surface area contributed by atoms with Crippen molar-refractivity contribution in [1.82, 2.24) is 4.98 Å². The lowest BCUT2D eigenvalue weighted by molar-refractivity contribution is 0.595. The van der Waals surface area contributed by atoms with Gasteiger partial charge in [0.2, 0.25) is 0 Å². The lowest BCUT2D eigenvalue weighted by atomic mass is 10.2. The van der Waals surface area contributed by atoms with Crippen molar-refractivity contribution in [2.75, 3.05) is 5.73 Å². The van der Waals surface area contributed by atoms with E-state index in [1.165, 1.54) is 11.3 Å². The van der Waals surface area contributed by atoms with Gasteiger partial charge in [-0.15, -0.1) is 0 Å². The van der Waals surface area contributed by atoms with E-state index in [-0.39, 0.29) is 5.75 Å². The summed E-state index contributed by atoms with van der Waals surface area (Å²) in [5.41, 5.74) is 7.13. The Kier molecular flexibility index (Phi) is 3.19. The quantitative estimate of drug-likeness (QED) is 0.807. The van der Waals surface area contributed by atoms with E-state index in [9.17, 15) is 8.42 Å². The maximum atomic E-state index is 12.4. The zero-order chi connectivity index (χ0) is 14.2. The Balaban J connectivity index is 2.00. The van der Waals surface area contributed by atoms with Gasteiger partial charge in [-0.1, -0.05) is 41.7 Å². The fraction of sp³-hybridized carbons (Fsp3) is 0.0714. The van der Waals surface area contributed by atoms with Gasteiger partial charge in [0, 0.05) is 0 Å². The molecule has 3 aromatic rings. The number of thiazole rings is 1. The van der Waals surface area contributed by atoms with Crippen molar-refractivity contribution in [3.8, 4) is 0 Å². The average molecular weight is 304 g/mol. The van der Waals surface area contributed by atoms with Gasteiger partial charge < -0.3 is 5.73 Å². The van der Waals surface area contributed by atoms with Crippen LogP contribution in [0.25, 0.3) is 10.2 Å². The second-order valence-electron chi connectivity index (χ2n) is 4.43. The summed E-state index contributed by atoms with van der Waals surface area (Å²) in [6.45, 7) is 0. The lowest BCUT2D eigenvalue weighted by Crippen LogP contribution is -2.04. The number of sulfone groups is 1. The summed E-state index contributed by atoms with van der Waals surface area (Å²) < 4.78 is 25.6. The number of nitrogen functional groups attached to an aromatic ring is 1. The van der Waals surface area contributed by atoms with Crippen molar-refractivity contribution < 1.29 is 8.42 Å². The molecule has 0 aliphatic heterocycles. The van der Waals surface area contributed by atoms with Crippen molar-refractivity contribution in [2.24, 2.45) is 0 Å². The van der Waals surface area contributed by atoms with Crippen LogP contribution in [0.2, 0.25) is 0 Å². The van der Waals surface area contributed by atoms with Crippen molar-refractivity contribution in [1.29, 1.82) is 0 Å². The van der Waals surface area contributed by atoms with Crippen LogP contribution in [0.15, 0.2) is 53.4 Å². The Labute approximate surface area is 120 Å². The van der Waals surface area contributed by atoms with E-state index in [1.807, 2.05) is 18.2 Å². The molecule has 3 rings (SSSR count). The topological polar surface area (TPSA) is 73.0 Å². The van der Waals surface area contributed by atoms with Crippen LogP contribution in [0, 0.1) is 0 Å². The van der Waals surface area contributed by atoms with Crippen molar-refractivity contribution in [3.63, 3.8) is 0 Å². The first-order chi connectivity index (χ1) is 9.54. The molecule has 0 saturated carbocycles. The van der Waals surface area contributed by atoms with Crippen LogP contribution in [0.5, 0.6) is 0 Å². The van der Waals surface area contributed by atoms with Gasteiger partial charge in [-0.3, -0.25) is 0 Å². The van der Waals surface area contributed by atoms with Crippen LogP contribution >= 0.6 is 11.3 Å². The van der Waals surface area contributed by atoms with Gasteiger partial charge in [0.15, 0.2) is 15.0 Å². The first-order valence-electron chi connectivity index (χ1n) is 5.97. The van der Waals surface area contributed by atoms with E-state index >= 15 is 0 Å². The highest BCUT2D eigenvalue weighted by Gasteiger charge is 2.16.